The van der Waals surface area contributed by atoms with Crippen molar-refractivity contribution in [1.29, 1.82) is 0 Å². The van der Waals surface area contributed by atoms with Crippen LogP contribution in [0, 0.1) is 5.92 Å². The lowest BCUT2D eigenvalue weighted by molar-refractivity contribution is -0.144. The largest absolute Gasteiger partial charge is 0.343 e. The first-order chi connectivity index (χ1) is 17.0. The number of likely N-dealkylation sites (tertiary alicyclic amines) is 2. The Morgan fingerprint density at radius 1 is 1.09 bits per heavy atom. The van der Waals surface area contributed by atoms with Gasteiger partial charge in [-0.25, -0.2) is 4.98 Å². The molecule has 0 saturated carbocycles. The first-order valence-corrected chi connectivity index (χ1v) is 12.4. The highest BCUT2D eigenvalue weighted by Crippen LogP contribution is 2.35. The predicted octanol–water partition coefficient (Wildman–Crippen LogP) is 3.24. The summed E-state index contributed by atoms with van der Waals surface area (Å²) in [6.07, 6.45) is 7.90. The van der Waals surface area contributed by atoms with Crippen molar-refractivity contribution >= 4 is 28.4 Å². The minimum Gasteiger partial charge on any atom is -0.343 e. The molecule has 2 saturated heterocycles. The Balaban J connectivity index is 1.25. The Morgan fingerprint density at radius 3 is 2.83 bits per heavy atom. The van der Waals surface area contributed by atoms with Gasteiger partial charge in [-0.05, 0) is 49.1 Å². The summed E-state index contributed by atoms with van der Waals surface area (Å²) in [4.78, 5) is 37.8. The zero-order valence-corrected chi connectivity index (χ0v) is 20.0. The number of carbonyl (C=O) groups is 2. The van der Waals surface area contributed by atoms with Crippen LogP contribution in [0.15, 0.2) is 42.9 Å². The number of pyridine rings is 1. The van der Waals surface area contributed by atoms with E-state index in [1.807, 2.05) is 49.3 Å². The minimum atomic E-state index is -0.316. The molecule has 2 aliphatic rings. The molecule has 9 heteroatoms. The molecule has 1 unspecified atom stereocenters. The van der Waals surface area contributed by atoms with Gasteiger partial charge in [0.2, 0.25) is 11.8 Å². The van der Waals surface area contributed by atoms with E-state index in [0.717, 1.165) is 52.6 Å². The summed E-state index contributed by atoms with van der Waals surface area (Å²) in [6.45, 7) is 5.84. The summed E-state index contributed by atoms with van der Waals surface area (Å²) in [5.41, 5.74) is 4.93. The van der Waals surface area contributed by atoms with E-state index in [0.29, 0.717) is 19.6 Å². The maximum Gasteiger partial charge on any atom is 0.245 e. The van der Waals surface area contributed by atoms with Crippen molar-refractivity contribution < 1.29 is 9.59 Å². The van der Waals surface area contributed by atoms with Gasteiger partial charge in [0.05, 0.1) is 11.7 Å². The highest BCUT2D eigenvalue weighted by molar-refractivity contribution is 5.97. The smallest absolute Gasteiger partial charge is 0.245 e. The second kappa shape index (κ2) is 8.48. The van der Waals surface area contributed by atoms with E-state index in [2.05, 4.69) is 26.2 Å². The van der Waals surface area contributed by atoms with Crippen LogP contribution in [0.1, 0.15) is 44.7 Å². The number of nitrogens with zero attached hydrogens (tertiary/aromatic N) is 6. The molecule has 6 rings (SSSR count). The van der Waals surface area contributed by atoms with Gasteiger partial charge in [-0.1, -0.05) is 13.8 Å². The van der Waals surface area contributed by atoms with Crippen molar-refractivity contribution in [3.05, 3.63) is 48.5 Å². The number of aromatic amines is 1. The third-order valence-corrected chi connectivity index (χ3v) is 7.40. The summed E-state index contributed by atoms with van der Waals surface area (Å²) in [5.74, 6) is 0.287. The van der Waals surface area contributed by atoms with Crippen LogP contribution in [0.3, 0.4) is 0 Å². The third kappa shape index (κ3) is 3.66. The zero-order valence-electron chi connectivity index (χ0n) is 20.0. The lowest BCUT2D eigenvalue weighted by Crippen LogP contribution is -2.48. The number of hydrogen-bond acceptors (Lipinski definition) is 5. The molecule has 0 aliphatic carbocycles. The number of amides is 2. The van der Waals surface area contributed by atoms with Gasteiger partial charge in [-0.3, -0.25) is 9.59 Å². The highest BCUT2D eigenvalue weighted by Gasteiger charge is 2.39. The maximum atomic E-state index is 13.4. The third-order valence-electron chi connectivity index (χ3n) is 7.40. The monoisotopic (exact) mass is 471 g/mol. The van der Waals surface area contributed by atoms with Crippen LogP contribution < -0.4 is 0 Å². The Morgan fingerprint density at radius 2 is 1.97 bits per heavy atom. The molecular formula is C26H29N7O2. The summed E-state index contributed by atoms with van der Waals surface area (Å²) >= 11 is 0. The van der Waals surface area contributed by atoms with Crippen LogP contribution in [0.2, 0.25) is 0 Å². The SMILES string of the molecule is CC(C)C(=O)N1CCC[C@@H]1C(=O)N1CCC(c2cc3c(-c4cnn5ncccc45)ccnc3[nH]2)C1. The molecule has 4 aromatic rings. The number of fused-ring (bicyclic) bond motifs is 2. The Labute approximate surface area is 203 Å². The molecule has 0 bridgehead atoms. The number of nitrogens with one attached hydrogen (secondary N) is 1. The van der Waals surface area contributed by atoms with Gasteiger partial charge in [0.1, 0.15) is 11.7 Å². The zero-order chi connectivity index (χ0) is 24.1. The van der Waals surface area contributed by atoms with Crippen molar-refractivity contribution in [2.45, 2.75) is 45.1 Å². The molecule has 0 spiro atoms. The van der Waals surface area contributed by atoms with Gasteiger partial charge in [-0.15, -0.1) is 0 Å². The van der Waals surface area contributed by atoms with E-state index in [-0.39, 0.29) is 29.7 Å². The van der Waals surface area contributed by atoms with Crippen molar-refractivity contribution in [3.63, 3.8) is 0 Å². The molecule has 6 heterocycles. The van der Waals surface area contributed by atoms with E-state index in [1.165, 1.54) is 0 Å². The second-order valence-electron chi connectivity index (χ2n) is 9.92. The van der Waals surface area contributed by atoms with E-state index < -0.39 is 0 Å². The second-order valence-corrected chi connectivity index (χ2v) is 9.92. The molecule has 0 radical (unpaired) electrons. The fourth-order valence-electron chi connectivity index (χ4n) is 5.59. The van der Waals surface area contributed by atoms with E-state index >= 15 is 0 Å². The van der Waals surface area contributed by atoms with Gasteiger partial charge >= 0.3 is 0 Å². The fourth-order valence-corrected chi connectivity index (χ4v) is 5.59. The predicted molar refractivity (Wildman–Crippen MR) is 132 cm³/mol. The van der Waals surface area contributed by atoms with Gasteiger partial charge < -0.3 is 14.8 Å². The summed E-state index contributed by atoms with van der Waals surface area (Å²) in [6, 6.07) is 7.77. The molecule has 9 nitrogen and oxygen atoms in total. The van der Waals surface area contributed by atoms with Gasteiger partial charge in [0.25, 0.3) is 0 Å². The molecule has 180 valence electrons. The quantitative estimate of drug-likeness (QED) is 0.493. The molecule has 0 aromatic carbocycles. The van der Waals surface area contributed by atoms with Crippen LogP contribution in [-0.2, 0) is 9.59 Å². The van der Waals surface area contributed by atoms with E-state index in [9.17, 15) is 9.59 Å². The van der Waals surface area contributed by atoms with Crippen molar-refractivity contribution in [3.8, 4) is 11.1 Å². The Kier molecular flexibility index (Phi) is 5.27. The van der Waals surface area contributed by atoms with E-state index in [4.69, 9.17) is 0 Å². The molecule has 4 aromatic heterocycles. The van der Waals surface area contributed by atoms with Gasteiger partial charge in [0, 0.05) is 60.5 Å². The minimum absolute atomic E-state index is 0.0775. The van der Waals surface area contributed by atoms with Crippen LogP contribution in [0.5, 0.6) is 0 Å². The van der Waals surface area contributed by atoms with E-state index in [1.54, 1.807) is 15.7 Å². The molecule has 35 heavy (non-hydrogen) atoms. The Hall–Kier alpha value is -3.75. The molecular weight excluding hydrogens is 442 g/mol. The molecule has 2 atom stereocenters. The van der Waals surface area contributed by atoms with Crippen molar-refractivity contribution in [2.75, 3.05) is 19.6 Å². The lowest BCUT2D eigenvalue weighted by Gasteiger charge is -2.29. The average molecular weight is 472 g/mol. The van der Waals surface area contributed by atoms with Crippen LogP contribution >= 0.6 is 0 Å². The molecule has 2 aliphatic heterocycles. The molecule has 2 fully saturated rings. The van der Waals surface area contributed by atoms with Gasteiger partial charge in [-0.2, -0.15) is 14.8 Å². The summed E-state index contributed by atoms with van der Waals surface area (Å²) < 4.78 is 1.63. The highest BCUT2D eigenvalue weighted by atomic mass is 16.2. The molecule has 1 N–H and O–H groups in total. The van der Waals surface area contributed by atoms with Crippen molar-refractivity contribution in [2.24, 2.45) is 5.92 Å². The van der Waals surface area contributed by atoms with Gasteiger partial charge in [0.15, 0.2) is 0 Å². The lowest BCUT2D eigenvalue weighted by atomic mass is 10.0. The number of aromatic nitrogens is 5. The maximum absolute atomic E-state index is 13.4. The topological polar surface area (TPSA) is 99.5 Å². The molecule has 2 amide bonds. The first-order valence-electron chi connectivity index (χ1n) is 12.4. The van der Waals surface area contributed by atoms with Crippen molar-refractivity contribution in [1.82, 2.24) is 34.6 Å². The first kappa shape index (κ1) is 21.8. The number of carbonyl (C=O) groups excluding carboxylic acids is 2. The van der Waals surface area contributed by atoms with Crippen LogP contribution in [0.4, 0.5) is 0 Å². The fraction of sp³-hybridized carbons (Fsp3) is 0.423. The standard InChI is InChI=1S/C26H29N7O2/c1-16(2)25(34)32-11-4-6-23(32)26(35)31-12-8-17(15-31)21-13-19-18(7-10-27-24(19)30-21)20-14-29-33-22(20)5-3-9-28-33/h3,5,7,9-10,13-14,16-17,23H,4,6,8,11-12,15H2,1-2H3,(H,27,30)/t17?,23-/m1/s1. The summed E-state index contributed by atoms with van der Waals surface area (Å²) in [7, 11) is 0. The van der Waals surface area contributed by atoms with Crippen LogP contribution in [-0.4, -0.2) is 72.1 Å². The normalized spacial score (nSPS) is 20.5. The Bertz CT molecular complexity index is 1420. The number of H-pyrrole nitrogens is 1. The average Bonchev–Trinajstić information content (AvgIpc) is 3.66. The number of hydrogen-bond donors (Lipinski definition) is 1. The summed E-state index contributed by atoms with van der Waals surface area (Å²) in [5, 5.41) is 9.70. The number of rotatable bonds is 4. The van der Waals surface area contributed by atoms with Crippen LogP contribution in [0.25, 0.3) is 27.7 Å².